The van der Waals surface area contributed by atoms with E-state index < -0.39 is 7.14 Å². The van der Waals surface area contributed by atoms with Crippen LogP contribution < -0.4 is 20.8 Å². The van der Waals surface area contributed by atoms with Crippen molar-refractivity contribution in [1.82, 2.24) is 15.0 Å². The molecule has 1 aliphatic heterocycles. The second kappa shape index (κ2) is 12.3. The monoisotopic (exact) mass is 714 g/mol. The van der Waals surface area contributed by atoms with Crippen LogP contribution in [0.3, 0.4) is 0 Å². The van der Waals surface area contributed by atoms with Crippen molar-refractivity contribution in [1.29, 1.82) is 0 Å². The highest BCUT2D eigenvalue weighted by Gasteiger charge is 2.42. The summed E-state index contributed by atoms with van der Waals surface area (Å²) in [5.41, 5.74) is 10.3. The van der Waals surface area contributed by atoms with Crippen molar-refractivity contribution in [3.05, 3.63) is 187 Å². The number of hydrogen-bond acceptors (Lipinski definition) is 5. The molecule has 0 radical (unpaired) electrons. The van der Waals surface area contributed by atoms with Gasteiger partial charge in [0.05, 0.1) is 11.4 Å². The van der Waals surface area contributed by atoms with Gasteiger partial charge in [-0.15, -0.1) is 0 Å². The van der Waals surface area contributed by atoms with Gasteiger partial charge in [-0.05, 0) is 64.7 Å². The van der Waals surface area contributed by atoms with Crippen LogP contribution in [0.2, 0.25) is 0 Å². The van der Waals surface area contributed by atoms with Crippen molar-refractivity contribution in [3.63, 3.8) is 0 Å². The molecule has 0 spiro atoms. The van der Waals surface area contributed by atoms with Crippen molar-refractivity contribution in [2.45, 2.75) is 19.3 Å². The molecule has 0 fully saturated rings. The maximum atomic E-state index is 15.4. The number of aromatic nitrogens is 3. The van der Waals surface area contributed by atoms with Crippen LogP contribution in [0.4, 0.5) is 17.1 Å². The lowest BCUT2D eigenvalue weighted by molar-refractivity contribution is 0.592. The highest BCUT2D eigenvalue weighted by atomic mass is 31.2. The molecule has 0 saturated carbocycles. The second-order valence-electron chi connectivity index (χ2n) is 14.4. The number of fused-ring (bicyclic) bond motifs is 5. The first kappa shape index (κ1) is 32.2. The lowest BCUT2D eigenvalue weighted by atomic mass is 9.81. The number of para-hydroxylation sites is 2. The average Bonchev–Trinajstić information content (AvgIpc) is 3.46. The molecule has 0 atom stereocenters. The SMILES string of the molecule is CC1(C)c2cc(-c3nc(-c4ccccc4)nc(-c4ccccc4)n3)ccc2-c2ccc(N3c4ccccc4P(=O)(c4ccccc4)c4ccccc43)cc21. The molecule has 10 rings (SSSR count). The van der Waals surface area contributed by atoms with Gasteiger partial charge in [0.25, 0.3) is 0 Å². The average molecular weight is 715 g/mol. The van der Waals surface area contributed by atoms with E-state index in [1.807, 2.05) is 127 Å². The first-order valence-electron chi connectivity index (χ1n) is 18.2. The zero-order valence-electron chi connectivity index (χ0n) is 29.9. The topological polar surface area (TPSA) is 59.0 Å². The van der Waals surface area contributed by atoms with Crippen LogP contribution >= 0.6 is 7.14 Å². The van der Waals surface area contributed by atoms with Crippen molar-refractivity contribution >= 4 is 40.1 Å². The maximum Gasteiger partial charge on any atom is 0.175 e. The molecule has 2 heterocycles. The summed E-state index contributed by atoms with van der Waals surface area (Å²) in [5, 5.41) is 2.55. The molecule has 1 aromatic heterocycles. The quantitative estimate of drug-likeness (QED) is 0.166. The maximum absolute atomic E-state index is 15.4. The fraction of sp³-hybridized carbons (Fsp3) is 0.0625. The van der Waals surface area contributed by atoms with Gasteiger partial charge in [0, 0.05) is 43.7 Å². The zero-order valence-corrected chi connectivity index (χ0v) is 30.8. The Hall–Kier alpha value is -6.42. The Morgan fingerprint density at radius 1 is 0.463 bits per heavy atom. The highest BCUT2D eigenvalue weighted by Crippen LogP contribution is 2.56. The molecular weight excluding hydrogens is 680 g/mol. The minimum Gasteiger partial charge on any atom is -0.309 e. The third-order valence-electron chi connectivity index (χ3n) is 10.9. The van der Waals surface area contributed by atoms with E-state index in [0.29, 0.717) is 17.5 Å². The molecule has 0 N–H and O–H groups in total. The Balaban J connectivity index is 1.09. The van der Waals surface area contributed by atoms with Crippen LogP contribution in [0.25, 0.3) is 45.3 Å². The molecule has 0 unspecified atom stereocenters. The van der Waals surface area contributed by atoms with Gasteiger partial charge in [-0.1, -0.05) is 147 Å². The zero-order chi connectivity index (χ0) is 36.4. The molecule has 2 aliphatic rings. The predicted octanol–water partition coefficient (Wildman–Crippen LogP) is 10.6. The Labute approximate surface area is 315 Å². The molecule has 7 aromatic carbocycles. The summed E-state index contributed by atoms with van der Waals surface area (Å²) in [6, 6.07) is 59.8. The number of nitrogens with zero attached hydrogens (tertiary/aromatic N) is 4. The van der Waals surface area contributed by atoms with Crippen molar-refractivity contribution in [2.24, 2.45) is 0 Å². The highest BCUT2D eigenvalue weighted by molar-refractivity contribution is 7.86. The van der Waals surface area contributed by atoms with Gasteiger partial charge in [-0.2, -0.15) is 0 Å². The third kappa shape index (κ3) is 4.93. The first-order valence-corrected chi connectivity index (χ1v) is 19.9. The third-order valence-corrected chi connectivity index (χ3v) is 14.1. The largest absolute Gasteiger partial charge is 0.309 e. The standard InChI is InChI=1S/C48H35N4OP/c1-48(2)39-30-34(47-50-45(32-16-6-3-7-17-32)49-46(51-47)33-18-8-4-9-19-33)26-28-37(39)38-29-27-35(31-40(38)48)52-41-22-12-14-24-43(41)54(53,36-20-10-5-11-21-36)44-25-15-13-23-42(44)52/h3-31H,1-2H3. The molecule has 6 heteroatoms. The fourth-order valence-electron chi connectivity index (χ4n) is 8.23. The van der Waals surface area contributed by atoms with Gasteiger partial charge in [0.2, 0.25) is 0 Å². The summed E-state index contributed by atoms with van der Waals surface area (Å²) in [6.45, 7) is 4.59. The van der Waals surface area contributed by atoms with Crippen LogP contribution in [-0.4, -0.2) is 15.0 Å². The number of benzene rings is 7. The molecule has 0 bridgehead atoms. The summed E-state index contributed by atoms with van der Waals surface area (Å²) in [5.74, 6) is 1.93. The van der Waals surface area contributed by atoms with E-state index in [2.05, 4.69) is 67.3 Å². The van der Waals surface area contributed by atoms with Crippen LogP contribution in [0.1, 0.15) is 25.0 Å². The minimum absolute atomic E-state index is 0.317. The van der Waals surface area contributed by atoms with Gasteiger partial charge in [0.1, 0.15) is 0 Å². The molecule has 0 saturated heterocycles. The van der Waals surface area contributed by atoms with E-state index in [1.165, 1.54) is 22.3 Å². The number of hydrogen-bond donors (Lipinski definition) is 0. The molecule has 54 heavy (non-hydrogen) atoms. The smallest absolute Gasteiger partial charge is 0.175 e. The summed E-state index contributed by atoms with van der Waals surface area (Å²) >= 11 is 0. The number of anilines is 3. The van der Waals surface area contributed by atoms with Crippen molar-refractivity contribution < 1.29 is 4.57 Å². The summed E-state index contributed by atoms with van der Waals surface area (Å²) in [7, 11) is -3.13. The van der Waals surface area contributed by atoms with Crippen molar-refractivity contribution in [3.8, 4) is 45.3 Å². The van der Waals surface area contributed by atoms with E-state index in [4.69, 9.17) is 15.0 Å². The minimum atomic E-state index is -3.13. The summed E-state index contributed by atoms with van der Waals surface area (Å²) in [4.78, 5) is 17.2. The Bertz CT molecular complexity index is 2670. The van der Waals surface area contributed by atoms with Gasteiger partial charge < -0.3 is 9.46 Å². The molecule has 5 nitrogen and oxygen atoms in total. The lowest BCUT2D eigenvalue weighted by Gasteiger charge is -2.38. The van der Waals surface area contributed by atoms with Gasteiger partial charge in [-0.3, -0.25) is 0 Å². The molecule has 0 amide bonds. The van der Waals surface area contributed by atoms with Gasteiger partial charge in [0.15, 0.2) is 24.6 Å². The van der Waals surface area contributed by atoms with Gasteiger partial charge in [-0.25, -0.2) is 15.0 Å². The normalized spacial score (nSPS) is 14.4. The van der Waals surface area contributed by atoms with Gasteiger partial charge >= 0.3 is 0 Å². The molecule has 1 aliphatic carbocycles. The second-order valence-corrected chi connectivity index (χ2v) is 17.1. The molecule has 8 aromatic rings. The fourth-order valence-corrected chi connectivity index (χ4v) is 11.2. The van der Waals surface area contributed by atoms with Crippen LogP contribution in [0.5, 0.6) is 0 Å². The molecule has 258 valence electrons. The van der Waals surface area contributed by atoms with Crippen LogP contribution in [0, 0.1) is 0 Å². The first-order chi connectivity index (χ1) is 26.4. The van der Waals surface area contributed by atoms with E-state index in [0.717, 1.165) is 49.7 Å². The van der Waals surface area contributed by atoms with E-state index in [-0.39, 0.29) is 5.41 Å². The Morgan fingerprint density at radius 3 is 1.46 bits per heavy atom. The predicted molar refractivity (Wildman–Crippen MR) is 221 cm³/mol. The summed E-state index contributed by atoms with van der Waals surface area (Å²) < 4.78 is 15.4. The lowest BCUT2D eigenvalue weighted by Crippen LogP contribution is -2.36. The summed E-state index contributed by atoms with van der Waals surface area (Å²) in [6.07, 6.45) is 0. The van der Waals surface area contributed by atoms with E-state index >= 15 is 4.57 Å². The Kier molecular flexibility index (Phi) is 7.37. The Morgan fingerprint density at radius 2 is 0.907 bits per heavy atom. The number of rotatable bonds is 5. The van der Waals surface area contributed by atoms with Crippen LogP contribution in [-0.2, 0) is 9.98 Å². The van der Waals surface area contributed by atoms with E-state index in [9.17, 15) is 0 Å². The van der Waals surface area contributed by atoms with E-state index in [1.54, 1.807) is 0 Å². The molecular formula is C48H35N4OP. The van der Waals surface area contributed by atoms with Crippen LogP contribution in [0.15, 0.2) is 176 Å². The van der Waals surface area contributed by atoms with Crippen molar-refractivity contribution in [2.75, 3.05) is 4.90 Å².